The monoisotopic (exact) mass is 196 g/mol. The number of nitriles is 1. The molecule has 1 fully saturated rings. The van der Waals surface area contributed by atoms with Crippen molar-refractivity contribution in [3.63, 3.8) is 0 Å². The molecule has 1 aliphatic rings. The van der Waals surface area contributed by atoms with Gasteiger partial charge in [0, 0.05) is 12.6 Å². The average Bonchev–Trinajstić information content (AvgIpc) is 2.63. The van der Waals surface area contributed by atoms with Crippen molar-refractivity contribution in [2.75, 3.05) is 13.1 Å². The number of aliphatic hydroxyl groups is 1. The molecular formula is C11H20N2O. The van der Waals surface area contributed by atoms with Gasteiger partial charge in [0.05, 0.1) is 18.6 Å². The van der Waals surface area contributed by atoms with E-state index in [1.165, 1.54) is 0 Å². The second-order valence-corrected chi connectivity index (χ2v) is 4.21. The first-order valence-electron chi connectivity index (χ1n) is 5.48. The number of hydrogen-bond donors (Lipinski definition) is 1. The van der Waals surface area contributed by atoms with E-state index in [-0.39, 0.29) is 6.10 Å². The van der Waals surface area contributed by atoms with Gasteiger partial charge < -0.3 is 5.11 Å². The highest BCUT2D eigenvalue weighted by molar-refractivity contribution is 4.87. The number of nitrogens with zero attached hydrogens (tertiary/aromatic N) is 2. The third-order valence-electron chi connectivity index (χ3n) is 3.25. The van der Waals surface area contributed by atoms with Gasteiger partial charge in [0.15, 0.2) is 0 Å². The normalized spacial score (nSPS) is 27.1. The Morgan fingerprint density at radius 1 is 1.64 bits per heavy atom. The lowest BCUT2D eigenvalue weighted by Crippen LogP contribution is -2.33. The van der Waals surface area contributed by atoms with Gasteiger partial charge in [-0.3, -0.25) is 4.90 Å². The van der Waals surface area contributed by atoms with Crippen molar-refractivity contribution in [1.29, 1.82) is 5.26 Å². The minimum absolute atomic E-state index is 0.209. The maximum atomic E-state index is 9.46. The van der Waals surface area contributed by atoms with Gasteiger partial charge in [0.2, 0.25) is 0 Å². The topological polar surface area (TPSA) is 47.3 Å². The predicted octanol–water partition coefficient (Wildman–Crippen LogP) is 1.38. The Labute approximate surface area is 86.3 Å². The smallest absolute Gasteiger partial charge is 0.0638 e. The summed E-state index contributed by atoms with van der Waals surface area (Å²) in [5.41, 5.74) is 0. The van der Waals surface area contributed by atoms with Gasteiger partial charge in [-0.05, 0) is 32.2 Å². The molecule has 3 nitrogen and oxygen atoms in total. The van der Waals surface area contributed by atoms with Crippen LogP contribution in [0.25, 0.3) is 0 Å². The zero-order valence-electron chi connectivity index (χ0n) is 9.11. The van der Waals surface area contributed by atoms with E-state index in [1.807, 2.05) is 6.92 Å². The highest BCUT2D eigenvalue weighted by Gasteiger charge is 2.29. The summed E-state index contributed by atoms with van der Waals surface area (Å²) in [5, 5.41) is 18.1. The maximum absolute atomic E-state index is 9.46. The van der Waals surface area contributed by atoms with Crippen LogP contribution in [0.2, 0.25) is 0 Å². The third kappa shape index (κ3) is 2.70. The van der Waals surface area contributed by atoms with Crippen molar-refractivity contribution < 1.29 is 5.11 Å². The molecule has 1 aliphatic heterocycles. The Hall–Kier alpha value is -0.590. The van der Waals surface area contributed by atoms with Crippen LogP contribution in [0.15, 0.2) is 0 Å². The Morgan fingerprint density at radius 2 is 2.36 bits per heavy atom. The molecule has 0 spiro atoms. The Bertz CT molecular complexity index is 210. The summed E-state index contributed by atoms with van der Waals surface area (Å²) in [6.45, 7) is 5.98. The van der Waals surface area contributed by atoms with Gasteiger partial charge in [0.25, 0.3) is 0 Å². The van der Waals surface area contributed by atoms with Gasteiger partial charge in [-0.1, -0.05) is 6.92 Å². The standard InChI is InChI=1S/C11H20N2O/c1-3-11(4-6-12)13-7-5-10(8-13)9(2)14/h9-11,14H,3-5,7-8H2,1-2H3. The van der Waals surface area contributed by atoms with Crippen molar-refractivity contribution in [3.8, 4) is 6.07 Å². The van der Waals surface area contributed by atoms with Crippen LogP contribution in [0.5, 0.6) is 0 Å². The molecule has 0 aromatic carbocycles. The van der Waals surface area contributed by atoms with Crippen LogP contribution < -0.4 is 0 Å². The van der Waals surface area contributed by atoms with Crippen molar-refractivity contribution in [2.45, 2.75) is 45.3 Å². The molecule has 0 aromatic heterocycles. The molecular weight excluding hydrogens is 176 g/mol. The summed E-state index contributed by atoms with van der Waals surface area (Å²) >= 11 is 0. The molecule has 1 heterocycles. The molecule has 3 atom stereocenters. The van der Waals surface area contributed by atoms with E-state index in [2.05, 4.69) is 17.9 Å². The van der Waals surface area contributed by atoms with Crippen LogP contribution in [0.1, 0.15) is 33.1 Å². The number of likely N-dealkylation sites (tertiary alicyclic amines) is 1. The molecule has 0 amide bonds. The van der Waals surface area contributed by atoms with E-state index < -0.39 is 0 Å². The summed E-state index contributed by atoms with van der Waals surface area (Å²) in [7, 11) is 0. The minimum atomic E-state index is -0.209. The molecule has 0 aromatic rings. The zero-order valence-corrected chi connectivity index (χ0v) is 9.11. The van der Waals surface area contributed by atoms with E-state index in [1.54, 1.807) is 0 Å². The molecule has 14 heavy (non-hydrogen) atoms. The van der Waals surface area contributed by atoms with Gasteiger partial charge in [-0.15, -0.1) is 0 Å². The van der Waals surface area contributed by atoms with Crippen LogP contribution in [0.4, 0.5) is 0 Å². The van der Waals surface area contributed by atoms with Gasteiger partial charge in [-0.2, -0.15) is 5.26 Å². The fourth-order valence-electron chi connectivity index (χ4n) is 2.18. The number of rotatable bonds is 4. The SMILES string of the molecule is CCC(CC#N)N1CCC(C(C)O)C1. The largest absolute Gasteiger partial charge is 0.393 e. The van der Waals surface area contributed by atoms with Crippen molar-refractivity contribution in [2.24, 2.45) is 5.92 Å². The third-order valence-corrected chi connectivity index (χ3v) is 3.25. The lowest BCUT2D eigenvalue weighted by Gasteiger charge is -2.25. The fraction of sp³-hybridized carbons (Fsp3) is 0.909. The van der Waals surface area contributed by atoms with Crippen LogP contribution in [-0.4, -0.2) is 35.2 Å². The van der Waals surface area contributed by atoms with E-state index >= 15 is 0 Å². The first kappa shape index (κ1) is 11.5. The van der Waals surface area contributed by atoms with E-state index in [4.69, 9.17) is 5.26 Å². The second kappa shape index (κ2) is 5.33. The van der Waals surface area contributed by atoms with Crippen LogP contribution >= 0.6 is 0 Å². The van der Waals surface area contributed by atoms with Gasteiger partial charge in [-0.25, -0.2) is 0 Å². The lowest BCUT2D eigenvalue weighted by molar-refractivity contribution is 0.121. The maximum Gasteiger partial charge on any atom is 0.0638 e. The van der Waals surface area contributed by atoms with Crippen molar-refractivity contribution in [1.82, 2.24) is 4.90 Å². The van der Waals surface area contributed by atoms with Gasteiger partial charge in [0.1, 0.15) is 0 Å². The van der Waals surface area contributed by atoms with Crippen LogP contribution in [0.3, 0.4) is 0 Å². The summed E-state index contributed by atoms with van der Waals surface area (Å²) in [4.78, 5) is 2.35. The minimum Gasteiger partial charge on any atom is -0.393 e. The predicted molar refractivity (Wildman–Crippen MR) is 55.7 cm³/mol. The summed E-state index contributed by atoms with van der Waals surface area (Å²) in [5.74, 6) is 0.405. The first-order chi connectivity index (χ1) is 6.69. The molecule has 80 valence electrons. The van der Waals surface area contributed by atoms with Crippen LogP contribution in [0, 0.1) is 17.2 Å². The lowest BCUT2D eigenvalue weighted by atomic mass is 10.0. The average molecular weight is 196 g/mol. The summed E-state index contributed by atoms with van der Waals surface area (Å²) in [6, 6.07) is 2.63. The molecule has 1 saturated heterocycles. The number of hydrogen-bond acceptors (Lipinski definition) is 3. The molecule has 0 radical (unpaired) electrons. The second-order valence-electron chi connectivity index (χ2n) is 4.21. The molecule has 0 saturated carbocycles. The van der Waals surface area contributed by atoms with Gasteiger partial charge >= 0.3 is 0 Å². The Balaban J connectivity index is 2.43. The fourth-order valence-corrected chi connectivity index (χ4v) is 2.18. The van der Waals surface area contributed by atoms with E-state index in [9.17, 15) is 5.11 Å². The highest BCUT2D eigenvalue weighted by Crippen LogP contribution is 2.23. The van der Waals surface area contributed by atoms with E-state index in [0.29, 0.717) is 18.4 Å². The highest BCUT2D eigenvalue weighted by atomic mass is 16.3. The molecule has 3 unspecified atom stereocenters. The molecule has 3 heteroatoms. The van der Waals surface area contributed by atoms with E-state index in [0.717, 1.165) is 25.9 Å². The van der Waals surface area contributed by atoms with Crippen molar-refractivity contribution in [3.05, 3.63) is 0 Å². The number of aliphatic hydroxyl groups excluding tert-OH is 1. The zero-order chi connectivity index (χ0) is 10.6. The molecule has 1 N–H and O–H groups in total. The summed E-state index contributed by atoms with van der Waals surface area (Å²) in [6.07, 6.45) is 2.50. The molecule has 1 rings (SSSR count). The molecule has 0 aliphatic carbocycles. The van der Waals surface area contributed by atoms with Crippen molar-refractivity contribution >= 4 is 0 Å². The molecule has 0 bridgehead atoms. The quantitative estimate of drug-likeness (QED) is 0.739. The first-order valence-corrected chi connectivity index (χ1v) is 5.48. The van der Waals surface area contributed by atoms with Crippen LogP contribution in [-0.2, 0) is 0 Å². The Morgan fingerprint density at radius 3 is 2.79 bits per heavy atom. The Kier molecular flexibility index (Phi) is 4.37. The summed E-state index contributed by atoms with van der Waals surface area (Å²) < 4.78 is 0.